The zero-order valence-electron chi connectivity index (χ0n) is 21.0. The Labute approximate surface area is 195 Å². The number of hydrogen-bond donors (Lipinski definition) is 3. The van der Waals surface area contributed by atoms with Crippen LogP contribution in [-0.4, -0.2) is 44.0 Å². The summed E-state index contributed by atoms with van der Waals surface area (Å²) in [5.41, 5.74) is 14.4. The predicted octanol–water partition coefficient (Wildman–Crippen LogP) is 3.70. The smallest absolute Gasteiger partial charge is 0.220 e. The molecule has 0 spiro atoms. The Morgan fingerprint density at radius 3 is 2.28 bits per heavy atom. The molecular weight excluding hydrogens is 404 g/mol. The number of hydrogen-bond acceptors (Lipinski definition) is 5. The zero-order valence-corrected chi connectivity index (χ0v) is 21.0. The summed E-state index contributed by atoms with van der Waals surface area (Å²) in [6.07, 6.45) is 4.17. The van der Waals surface area contributed by atoms with Gasteiger partial charge in [-0.25, -0.2) is 0 Å². The average Bonchev–Trinajstić information content (AvgIpc) is 2.73. The largest absolute Gasteiger partial charge is 0.496 e. The molecule has 0 aliphatic carbocycles. The normalized spacial score (nSPS) is 15.6. The van der Waals surface area contributed by atoms with E-state index in [1.165, 1.54) is 11.1 Å². The fourth-order valence-electron chi connectivity index (χ4n) is 4.27. The number of nitrogens with two attached hydrogens (primary N) is 2. The van der Waals surface area contributed by atoms with Gasteiger partial charge in [-0.3, -0.25) is 4.79 Å². The van der Waals surface area contributed by atoms with Gasteiger partial charge in [0.15, 0.2) is 0 Å². The molecule has 1 amide bonds. The lowest BCUT2D eigenvalue weighted by Gasteiger charge is -2.29. The van der Waals surface area contributed by atoms with Crippen molar-refractivity contribution < 1.29 is 19.4 Å². The molecule has 1 aromatic carbocycles. The Morgan fingerprint density at radius 2 is 1.75 bits per heavy atom. The van der Waals surface area contributed by atoms with Crippen LogP contribution >= 0.6 is 0 Å². The highest BCUT2D eigenvalue weighted by Gasteiger charge is 2.28. The second-order valence-corrected chi connectivity index (χ2v) is 9.76. The highest BCUT2D eigenvalue weighted by atomic mass is 16.5. The Balaban J connectivity index is 2.84. The monoisotopic (exact) mass is 450 g/mol. The number of ether oxygens (including phenoxy) is 2. The number of aliphatic hydroxyl groups is 1. The summed E-state index contributed by atoms with van der Waals surface area (Å²) in [7, 11) is 3.44. The lowest BCUT2D eigenvalue weighted by molar-refractivity contribution is -0.124. The molecule has 6 nitrogen and oxygen atoms in total. The molecule has 1 unspecified atom stereocenters. The summed E-state index contributed by atoms with van der Waals surface area (Å²) in [6, 6.07) is 6.02. The summed E-state index contributed by atoms with van der Waals surface area (Å²) in [5, 5.41) is 10.7. The molecular formula is C26H46N2O4. The number of benzene rings is 1. The standard InChI is InChI=1S/C26H46N2O4/c1-17(2)21(15-23(27)24(29)16-22(18(3)4)26(28)30)14-19-10-11-25(32-6)20(13-19)9-7-8-12-31-5/h10-11,13,17-18,21-24,29H,7-9,12,14-16,27H2,1-6H3,(H2,28,30)/t21?,22-,23-,24-/m0/s1. The minimum Gasteiger partial charge on any atom is -0.496 e. The molecule has 5 N–H and O–H groups in total. The number of primary amides is 1. The van der Waals surface area contributed by atoms with Crippen molar-refractivity contribution >= 4 is 5.91 Å². The van der Waals surface area contributed by atoms with E-state index in [0.29, 0.717) is 24.7 Å². The van der Waals surface area contributed by atoms with Gasteiger partial charge >= 0.3 is 0 Å². The van der Waals surface area contributed by atoms with Gasteiger partial charge in [0.05, 0.1) is 13.2 Å². The number of amides is 1. The predicted molar refractivity (Wildman–Crippen MR) is 131 cm³/mol. The van der Waals surface area contributed by atoms with E-state index in [1.54, 1.807) is 14.2 Å². The number of aryl methyl sites for hydroxylation is 1. The van der Waals surface area contributed by atoms with E-state index >= 15 is 0 Å². The molecule has 1 aromatic rings. The van der Waals surface area contributed by atoms with Crippen LogP contribution < -0.4 is 16.2 Å². The van der Waals surface area contributed by atoms with Crippen molar-refractivity contribution in [1.29, 1.82) is 0 Å². The Morgan fingerprint density at radius 1 is 1.06 bits per heavy atom. The van der Waals surface area contributed by atoms with Crippen molar-refractivity contribution in [3.8, 4) is 5.75 Å². The van der Waals surface area contributed by atoms with E-state index in [2.05, 4.69) is 26.0 Å². The number of carbonyl (C=O) groups is 1. The second-order valence-electron chi connectivity index (χ2n) is 9.76. The lowest BCUT2D eigenvalue weighted by atomic mass is 9.80. The number of unbranched alkanes of at least 4 members (excludes halogenated alkanes) is 1. The van der Waals surface area contributed by atoms with Crippen molar-refractivity contribution in [3.63, 3.8) is 0 Å². The van der Waals surface area contributed by atoms with Gasteiger partial charge in [-0.05, 0) is 73.5 Å². The minimum atomic E-state index is -0.747. The fraction of sp³-hybridized carbons (Fsp3) is 0.731. The molecule has 0 radical (unpaired) electrons. The van der Waals surface area contributed by atoms with Gasteiger partial charge in [-0.1, -0.05) is 39.8 Å². The molecule has 0 heterocycles. The SMILES string of the molecule is COCCCCc1cc(CC(C[C@H](N)[C@@H](O)C[C@H](C(N)=O)C(C)C)C(C)C)ccc1OC. The summed E-state index contributed by atoms with van der Waals surface area (Å²) in [5.74, 6) is 0.999. The molecule has 6 heteroatoms. The van der Waals surface area contributed by atoms with Crippen molar-refractivity contribution in [2.24, 2.45) is 35.1 Å². The molecule has 32 heavy (non-hydrogen) atoms. The molecule has 0 saturated carbocycles. The lowest BCUT2D eigenvalue weighted by Crippen LogP contribution is -2.41. The van der Waals surface area contributed by atoms with Crippen molar-refractivity contribution in [2.45, 2.75) is 78.4 Å². The number of aliphatic hydroxyl groups excluding tert-OH is 1. The van der Waals surface area contributed by atoms with Crippen molar-refractivity contribution in [3.05, 3.63) is 29.3 Å². The van der Waals surface area contributed by atoms with Crippen LogP contribution in [-0.2, 0) is 22.4 Å². The molecule has 0 aliphatic heterocycles. The van der Waals surface area contributed by atoms with Gasteiger partial charge in [0.1, 0.15) is 5.75 Å². The van der Waals surface area contributed by atoms with Crippen LogP contribution in [0.3, 0.4) is 0 Å². The minimum absolute atomic E-state index is 0.0804. The maximum atomic E-state index is 11.7. The van der Waals surface area contributed by atoms with Gasteiger partial charge in [-0.15, -0.1) is 0 Å². The van der Waals surface area contributed by atoms with Crippen LogP contribution in [0, 0.1) is 23.7 Å². The Hall–Kier alpha value is -1.63. The quantitative estimate of drug-likeness (QED) is 0.333. The third-order valence-corrected chi connectivity index (χ3v) is 6.56. The highest BCUT2D eigenvalue weighted by Crippen LogP contribution is 2.28. The average molecular weight is 451 g/mol. The zero-order chi connectivity index (χ0) is 24.3. The van der Waals surface area contributed by atoms with E-state index in [-0.39, 0.29) is 17.7 Å². The first-order valence-electron chi connectivity index (χ1n) is 12.0. The topological polar surface area (TPSA) is 108 Å². The molecule has 0 saturated heterocycles. The second kappa shape index (κ2) is 14.5. The number of carbonyl (C=O) groups excluding carboxylic acids is 1. The first kappa shape index (κ1) is 28.4. The maximum absolute atomic E-state index is 11.7. The van der Waals surface area contributed by atoms with E-state index in [1.807, 2.05) is 19.9 Å². The first-order valence-corrected chi connectivity index (χ1v) is 12.0. The van der Waals surface area contributed by atoms with Crippen LogP contribution in [0.4, 0.5) is 0 Å². The molecule has 184 valence electrons. The van der Waals surface area contributed by atoms with Gasteiger partial charge in [0.25, 0.3) is 0 Å². The van der Waals surface area contributed by atoms with Crippen LogP contribution in [0.2, 0.25) is 0 Å². The molecule has 0 fully saturated rings. The number of rotatable bonds is 16. The molecule has 0 aliphatic rings. The molecule has 1 rings (SSSR count). The van der Waals surface area contributed by atoms with Gasteiger partial charge in [-0.2, -0.15) is 0 Å². The van der Waals surface area contributed by atoms with Gasteiger partial charge < -0.3 is 26.0 Å². The fourth-order valence-corrected chi connectivity index (χ4v) is 4.27. The van der Waals surface area contributed by atoms with Crippen LogP contribution in [0.1, 0.15) is 64.5 Å². The van der Waals surface area contributed by atoms with Crippen LogP contribution in [0.25, 0.3) is 0 Å². The maximum Gasteiger partial charge on any atom is 0.220 e. The summed E-state index contributed by atoms with van der Waals surface area (Å²) in [6.45, 7) is 9.05. The van der Waals surface area contributed by atoms with E-state index in [9.17, 15) is 9.90 Å². The van der Waals surface area contributed by atoms with Crippen LogP contribution in [0.15, 0.2) is 18.2 Å². The van der Waals surface area contributed by atoms with E-state index in [0.717, 1.165) is 38.0 Å². The van der Waals surface area contributed by atoms with E-state index in [4.69, 9.17) is 20.9 Å². The highest BCUT2D eigenvalue weighted by molar-refractivity contribution is 5.76. The summed E-state index contributed by atoms with van der Waals surface area (Å²) < 4.78 is 10.7. The molecule has 0 bridgehead atoms. The van der Waals surface area contributed by atoms with Crippen LogP contribution in [0.5, 0.6) is 5.75 Å². The molecule has 4 atom stereocenters. The van der Waals surface area contributed by atoms with Gasteiger partial charge in [0.2, 0.25) is 5.91 Å². The van der Waals surface area contributed by atoms with Gasteiger partial charge in [0, 0.05) is 25.7 Å². The number of methoxy groups -OCH3 is 2. The first-order chi connectivity index (χ1) is 15.1. The third kappa shape index (κ3) is 9.47. The Bertz CT molecular complexity index is 678. The summed E-state index contributed by atoms with van der Waals surface area (Å²) >= 11 is 0. The molecule has 0 aromatic heterocycles. The third-order valence-electron chi connectivity index (χ3n) is 6.56. The Kier molecular flexibility index (Phi) is 12.9. The van der Waals surface area contributed by atoms with E-state index < -0.39 is 12.1 Å². The van der Waals surface area contributed by atoms with Crippen molar-refractivity contribution in [1.82, 2.24) is 0 Å². The van der Waals surface area contributed by atoms with Crippen molar-refractivity contribution in [2.75, 3.05) is 20.8 Å². The summed E-state index contributed by atoms with van der Waals surface area (Å²) in [4.78, 5) is 11.7.